The van der Waals surface area contributed by atoms with Crippen molar-refractivity contribution in [3.63, 3.8) is 0 Å². The van der Waals surface area contributed by atoms with Gasteiger partial charge in [0.2, 0.25) is 0 Å². The largest absolute Gasteiger partial charge is 0.331 e. The Kier molecular flexibility index (Phi) is 25.7. The van der Waals surface area contributed by atoms with Crippen molar-refractivity contribution in [3.05, 3.63) is 229 Å². The number of unbranched alkanes of at least 4 members (excludes halogenated alkanes) is 12. The molecule has 9 aromatic rings. The van der Waals surface area contributed by atoms with Gasteiger partial charge < -0.3 is 17.9 Å². The first-order chi connectivity index (χ1) is 45.1. The van der Waals surface area contributed by atoms with E-state index in [1.54, 1.807) is 0 Å². The van der Waals surface area contributed by atoms with Crippen molar-refractivity contribution in [2.45, 2.75) is 128 Å². The lowest BCUT2D eigenvalue weighted by Gasteiger charge is -2.23. The minimum Gasteiger partial charge on any atom is -0.331 e. The summed E-state index contributed by atoms with van der Waals surface area (Å²) in [4.78, 5) is 0. The molecule has 0 unspecified atom stereocenters. The molecule has 9 aromatic carbocycles. The van der Waals surface area contributed by atoms with Gasteiger partial charge in [0.25, 0.3) is 0 Å². The van der Waals surface area contributed by atoms with Crippen LogP contribution in [0.2, 0.25) is 0 Å². The van der Waals surface area contributed by atoms with Gasteiger partial charge in [0.05, 0.1) is 111 Å². The minimum absolute atomic E-state index is 1.04. The zero-order chi connectivity index (χ0) is 66.6. The van der Waals surface area contributed by atoms with Gasteiger partial charge in [-0.05, 0) is 214 Å². The molecule has 4 heteroatoms. The van der Waals surface area contributed by atoms with Crippen molar-refractivity contribution < 1.29 is 17.9 Å². The van der Waals surface area contributed by atoms with E-state index in [2.05, 4.69) is 291 Å². The van der Waals surface area contributed by atoms with E-state index in [1.807, 2.05) is 0 Å². The lowest BCUT2D eigenvalue weighted by atomic mass is 9.80. The number of benzene rings is 9. The topological polar surface area (TPSA) is 0 Å². The molecule has 0 fully saturated rings. The molecule has 0 atom stereocenters. The van der Waals surface area contributed by atoms with E-state index in [4.69, 9.17) is 0 Å². The van der Waals surface area contributed by atoms with Crippen LogP contribution in [0.3, 0.4) is 0 Å². The van der Waals surface area contributed by atoms with Crippen LogP contribution in [0.15, 0.2) is 206 Å². The molecule has 0 amide bonds. The van der Waals surface area contributed by atoms with Gasteiger partial charge in [-0.3, -0.25) is 0 Å². The highest BCUT2D eigenvalue weighted by Crippen LogP contribution is 2.49. The van der Waals surface area contributed by atoms with Crippen molar-refractivity contribution in [3.8, 4) is 89.0 Å². The summed E-state index contributed by atoms with van der Waals surface area (Å²) in [7, 11) is 27.6. The van der Waals surface area contributed by atoms with Gasteiger partial charge in [0, 0.05) is 0 Å². The van der Waals surface area contributed by atoms with Crippen LogP contribution in [0.4, 0.5) is 0 Å². The number of nitrogens with zero attached hydrogens (tertiary/aromatic N) is 4. The van der Waals surface area contributed by atoms with E-state index >= 15 is 0 Å². The van der Waals surface area contributed by atoms with Gasteiger partial charge in [-0.2, -0.15) is 0 Å². The molecule has 0 radical (unpaired) electrons. The molecule has 0 saturated carbocycles. The highest BCUT2D eigenvalue weighted by atomic mass is 15.3. The Balaban J connectivity index is 1.13. The number of rotatable bonds is 36. The lowest BCUT2D eigenvalue weighted by Crippen LogP contribution is -2.35. The second kappa shape index (κ2) is 34.0. The standard InChI is InChI=1S/C90H118N4/c1-91(2,3)67-31-17-13-23-35-71-43-51-75(52-44-71)83-63-65-85(77-55-47-73(48-56-77)37-25-15-19-33-69-93(7,8)9)89(87(83)79-39-27-21-28-40-79)81-59-61-82(62-60-81)90-86(78-57-49-74(50-58-78)38-26-16-20-34-70-94(10,11)12)66-64-84(88(90)80-41-29-22-30-42-80)76-53-45-72(46-54-76)36-24-14-18-32-68-92(4,5)6/h21-22,27-30,39-66H,13-20,23-26,31-38,67-70H2,1-12H3/q+4. The van der Waals surface area contributed by atoms with E-state index < -0.39 is 0 Å². The van der Waals surface area contributed by atoms with E-state index in [9.17, 15) is 0 Å². The van der Waals surface area contributed by atoms with E-state index in [1.165, 1.54) is 240 Å². The van der Waals surface area contributed by atoms with Crippen LogP contribution >= 0.6 is 0 Å². The first kappa shape index (κ1) is 71.1. The summed E-state index contributed by atoms with van der Waals surface area (Å²) >= 11 is 0. The first-order valence-corrected chi connectivity index (χ1v) is 36.3. The first-order valence-electron chi connectivity index (χ1n) is 36.3. The van der Waals surface area contributed by atoms with E-state index in [-0.39, 0.29) is 0 Å². The number of hydrogen-bond donors (Lipinski definition) is 0. The Bertz CT molecular complexity index is 3450. The van der Waals surface area contributed by atoms with Crippen LogP contribution in [0.25, 0.3) is 89.0 Å². The van der Waals surface area contributed by atoms with Crippen molar-refractivity contribution in [1.82, 2.24) is 0 Å². The molecule has 0 aliphatic carbocycles. The Labute approximate surface area is 571 Å². The van der Waals surface area contributed by atoms with Gasteiger partial charge >= 0.3 is 0 Å². The Hall–Kier alpha value is -7.18. The second-order valence-corrected chi connectivity index (χ2v) is 31.6. The van der Waals surface area contributed by atoms with Crippen LogP contribution in [0, 0.1) is 0 Å². The summed E-state index contributed by atoms with van der Waals surface area (Å²) in [5.41, 5.74) is 25.7. The third-order valence-electron chi connectivity index (χ3n) is 19.2. The molecule has 0 aliphatic rings. The average molecular weight is 1260 g/mol. The third kappa shape index (κ3) is 21.9. The van der Waals surface area contributed by atoms with Crippen LogP contribution in [0.5, 0.6) is 0 Å². The Morgan fingerprint density at radius 1 is 0.170 bits per heavy atom. The summed E-state index contributed by atoms with van der Waals surface area (Å²) in [5.74, 6) is 0. The number of aryl methyl sites for hydroxylation is 4. The molecule has 0 aliphatic heterocycles. The molecule has 4 nitrogen and oxygen atoms in total. The molecular formula is C90H118N4+4. The maximum absolute atomic E-state index is 2.44. The molecule has 494 valence electrons. The van der Waals surface area contributed by atoms with Gasteiger partial charge in [0.15, 0.2) is 0 Å². The normalized spacial score (nSPS) is 12.2. The fourth-order valence-electron chi connectivity index (χ4n) is 13.9. The van der Waals surface area contributed by atoms with Crippen LogP contribution in [-0.2, 0) is 25.7 Å². The maximum atomic E-state index is 2.44. The zero-order valence-corrected chi connectivity index (χ0v) is 60.4. The van der Waals surface area contributed by atoms with Crippen LogP contribution in [0.1, 0.15) is 125 Å². The molecule has 94 heavy (non-hydrogen) atoms. The van der Waals surface area contributed by atoms with Gasteiger partial charge in [-0.15, -0.1) is 0 Å². The molecule has 9 rings (SSSR count). The second-order valence-electron chi connectivity index (χ2n) is 31.6. The third-order valence-corrected chi connectivity index (χ3v) is 19.2. The molecule has 0 bridgehead atoms. The molecule has 0 saturated heterocycles. The molecular weight excluding hydrogens is 1140 g/mol. The van der Waals surface area contributed by atoms with Crippen molar-refractivity contribution >= 4 is 0 Å². The van der Waals surface area contributed by atoms with Crippen molar-refractivity contribution in [2.24, 2.45) is 0 Å². The minimum atomic E-state index is 1.04. The van der Waals surface area contributed by atoms with Crippen LogP contribution in [-0.4, -0.2) is 129 Å². The van der Waals surface area contributed by atoms with Crippen LogP contribution < -0.4 is 0 Å². The van der Waals surface area contributed by atoms with Gasteiger partial charge in [-0.25, -0.2) is 0 Å². The van der Waals surface area contributed by atoms with Crippen molar-refractivity contribution in [1.29, 1.82) is 0 Å². The fraction of sp³-hybridized carbons (Fsp3) is 0.400. The lowest BCUT2D eigenvalue weighted by molar-refractivity contribution is -0.870. The molecule has 0 heterocycles. The van der Waals surface area contributed by atoms with Crippen molar-refractivity contribution in [2.75, 3.05) is 111 Å². The van der Waals surface area contributed by atoms with E-state index in [0.717, 1.165) is 43.6 Å². The Morgan fingerprint density at radius 3 is 0.553 bits per heavy atom. The maximum Gasteiger partial charge on any atom is 0.0780 e. The molecule has 0 N–H and O–H groups in total. The molecule has 0 aromatic heterocycles. The van der Waals surface area contributed by atoms with Gasteiger partial charge in [-0.1, -0.05) is 232 Å². The summed E-state index contributed by atoms with van der Waals surface area (Å²) < 4.78 is 4.15. The van der Waals surface area contributed by atoms with E-state index in [0.29, 0.717) is 0 Å². The SMILES string of the molecule is C[N+](C)(C)CCCCCCc1ccc(-c2ccc(-c3ccc(CCCCCC[N+](C)(C)C)cc3)c(-c3ccc(-c4c(-c5ccc(CCCCCC[N+](C)(C)C)cc5)ccc(-c5ccc(CCCCCC[N+](C)(C)C)cc5)c4-c4ccccc4)cc3)c2-c2ccccc2)cc1. The predicted octanol–water partition coefficient (Wildman–Crippen LogP) is 22.3. The summed E-state index contributed by atoms with van der Waals surface area (Å²) in [5, 5.41) is 0. The highest BCUT2D eigenvalue weighted by Gasteiger charge is 2.24. The summed E-state index contributed by atoms with van der Waals surface area (Å²) in [6.07, 6.45) is 24.8. The monoisotopic (exact) mass is 1250 g/mol. The summed E-state index contributed by atoms with van der Waals surface area (Å²) in [6, 6.07) is 80.2. The fourth-order valence-corrected chi connectivity index (χ4v) is 13.9. The quantitative estimate of drug-likeness (QED) is 0.0271. The number of quaternary nitrogens is 4. The molecule has 0 spiro atoms. The average Bonchev–Trinajstić information content (AvgIpc) is 0.756. The highest BCUT2D eigenvalue weighted by molar-refractivity contribution is 6.04. The van der Waals surface area contributed by atoms with Gasteiger partial charge in [0.1, 0.15) is 0 Å². The summed E-state index contributed by atoms with van der Waals surface area (Å²) in [6.45, 7) is 4.93. The predicted molar refractivity (Wildman–Crippen MR) is 410 cm³/mol. The smallest absolute Gasteiger partial charge is 0.0780 e. The Morgan fingerprint density at radius 2 is 0.351 bits per heavy atom. The zero-order valence-electron chi connectivity index (χ0n) is 60.4. The number of hydrogen-bond acceptors (Lipinski definition) is 0.